The highest BCUT2D eigenvalue weighted by atomic mass is 16.3. The number of hydrogen-bond donors (Lipinski definition) is 1. The molecule has 1 saturated heterocycles. The number of aliphatic hydroxyl groups is 1. The lowest BCUT2D eigenvalue weighted by molar-refractivity contribution is 0.0230. The molecule has 0 aromatic carbocycles. The lowest BCUT2D eigenvalue weighted by Gasteiger charge is -2.44. The minimum absolute atomic E-state index is 0.00489. The van der Waals surface area contributed by atoms with Crippen molar-refractivity contribution in [1.82, 2.24) is 4.90 Å². The molecule has 1 spiro atoms. The topological polar surface area (TPSA) is 23.5 Å². The summed E-state index contributed by atoms with van der Waals surface area (Å²) in [5.74, 6) is 0. The van der Waals surface area contributed by atoms with Gasteiger partial charge in [0.1, 0.15) is 0 Å². The van der Waals surface area contributed by atoms with Crippen LogP contribution >= 0.6 is 0 Å². The van der Waals surface area contributed by atoms with Crippen LogP contribution in [0, 0.1) is 5.41 Å². The summed E-state index contributed by atoms with van der Waals surface area (Å²) in [6.45, 7) is 2.52. The van der Waals surface area contributed by atoms with E-state index in [9.17, 15) is 5.11 Å². The second kappa shape index (κ2) is 3.58. The molecular formula is C11H21NO. The third kappa shape index (κ3) is 2.05. The Labute approximate surface area is 80.9 Å². The quantitative estimate of drug-likeness (QED) is 0.617. The van der Waals surface area contributed by atoms with Crippen molar-refractivity contribution < 1.29 is 5.11 Å². The molecule has 0 atom stereocenters. The number of rotatable bonds is 0. The fourth-order valence-electron chi connectivity index (χ4n) is 2.81. The second-order valence-electron chi connectivity index (χ2n) is 5.03. The first-order chi connectivity index (χ1) is 6.20. The number of hydrogen-bond acceptors (Lipinski definition) is 2. The zero-order valence-electron chi connectivity index (χ0n) is 8.63. The molecule has 76 valence electrons. The van der Waals surface area contributed by atoms with Crippen molar-refractivity contribution >= 4 is 0 Å². The van der Waals surface area contributed by atoms with Crippen molar-refractivity contribution in [2.75, 3.05) is 20.1 Å². The van der Waals surface area contributed by atoms with E-state index in [2.05, 4.69) is 11.9 Å². The second-order valence-corrected chi connectivity index (χ2v) is 5.03. The summed E-state index contributed by atoms with van der Waals surface area (Å²) in [6, 6.07) is 0. The normalized spacial score (nSPS) is 30.9. The van der Waals surface area contributed by atoms with Gasteiger partial charge in [-0.25, -0.2) is 0 Å². The Kier molecular flexibility index (Phi) is 2.61. The van der Waals surface area contributed by atoms with Crippen molar-refractivity contribution in [2.24, 2.45) is 5.41 Å². The molecule has 2 heteroatoms. The molecule has 0 amide bonds. The molecule has 0 aromatic rings. The lowest BCUT2D eigenvalue weighted by Crippen LogP contribution is -2.40. The van der Waals surface area contributed by atoms with Gasteiger partial charge in [-0.1, -0.05) is 0 Å². The number of likely N-dealkylation sites (tertiary alicyclic amines) is 1. The minimum Gasteiger partial charge on any atom is -0.393 e. The van der Waals surface area contributed by atoms with Crippen molar-refractivity contribution in [1.29, 1.82) is 0 Å². The van der Waals surface area contributed by atoms with Gasteiger partial charge in [-0.05, 0) is 64.1 Å². The highest BCUT2D eigenvalue weighted by Crippen LogP contribution is 2.44. The summed E-state index contributed by atoms with van der Waals surface area (Å²) >= 11 is 0. The maximum absolute atomic E-state index is 9.46. The van der Waals surface area contributed by atoms with Gasteiger partial charge in [-0.15, -0.1) is 0 Å². The molecule has 2 rings (SSSR count). The van der Waals surface area contributed by atoms with Crippen LogP contribution in [0.4, 0.5) is 0 Å². The molecule has 2 aliphatic rings. The molecule has 0 radical (unpaired) electrons. The monoisotopic (exact) mass is 183 g/mol. The third-order valence-corrected chi connectivity index (χ3v) is 4.06. The standard InChI is InChI=1S/C11H21NO/c1-12-8-6-11(7-9-12)4-2-10(13)3-5-11/h10,13H,2-9H2,1H3. The Balaban J connectivity index is 1.90. The lowest BCUT2D eigenvalue weighted by atomic mass is 9.67. The molecular weight excluding hydrogens is 162 g/mol. The Hall–Kier alpha value is -0.0800. The van der Waals surface area contributed by atoms with Gasteiger partial charge < -0.3 is 10.0 Å². The third-order valence-electron chi connectivity index (χ3n) is 4.06. The van der Waals surface area contributed by atoms with Crippen molar-refractivity contribution in [2.45, 2.75) is 44.6 Å². The Morgan fingerprint density at radius 2 is 1.62 bits per heavy atom. The molecule has 0 unspecified atom stereocenters. The van der Waals surface area contributed by atoms with Gasteiger partial charge in [-0.2, -0.15) is 0 Å². The predicted molar refractivity (Wildman–Crippen MR) is 53.6 cm³/mol. The van der Waals surface area contributed by atoms with Crippen molar-refractivity contribution in [3.8, 4) is 0 Å². The van der Waals surface area contributed by atoms with Crippen LogP contribution < -0.4 is 0 Å². The SMILES string of the molecule is CN1CCC2(CCC(O)CC2)CC1. The van der Waals surface area contributed by atoms with Crippen LogP contribution in [0.5, 0.6) is 0 Å². The number of piperidine rings is 1. The molecule has 1 aliphatic carbocycles. The van der Waals surface area contributed by atoms with E-state index in [1.165, 1.54) is 38.8 Å². The van der Waals surface area contributed by atoms with E-state index in [1.807, 2.05) is 0 Å². The van der Waals surface area contributed by atoms with E-state index in [4.69, 9.17) is 0 Å². The smallest absolute Gasteiger partial charge is 0.0540 e. The molecule has 1 heterocycles. The van der Waals surface area contributed by atoms with Gasteiger partial charge in [-0.3, -0.25) is 0 Å². The predicted octanol–water partition coefficient (Wildman–Crippen LogP) is 1.63. The van der Waals surface area contributed by atoms with E-state index in [0.717, 1.165) is 12.8 Å². The summed E-state index contributed by atoms with van der Waals surface area (Å²) in [7, 11) is 2.21. The van der Waals surface area contributed by atoms with Gasteiger partial charge in [0.25, 0.3) is 0 Å². The van der Waals surface area contributed by atoms with Crippen LogP contribution in [-0.2, 0) is 0 Å². The largest absolute Gasteiger partial charge is 0.393 e. The molecule has 2 nitrogen and oxygen atoms in total. The molecule has 0 aromatic heterocycles. The van der Waals surface area contributed by atoms with Crippen LogP contribution in [0.1, 0.15) is 38.5 Å². The van der Waals surface area contributed by atoms with Gasteiger partial charge in [0.15, 0.2) is 0 Å². The van der Waals surface area contributed by atoms with Crippen molar-refractivity contribution in [3.63, 3.8) is 0 Å². The highest BCUT2D eigenvalue weighted by Gasteiger charge is 2.36. The average Bonchev–Trinajstić information content (AvgIpc) is 2.16. The molecule has 1 N–H and O–H groups in total. The van der Waals surface area contributed by atoms with E-state index in [-0.39, 0.29) is 6.10 Å². The molecule has 1 aliphatic heterocycles. The fraction of sp³-hybridized carbons (Fsp3) is 1.00. The van der Waals surface area contributed by atoms with Crippen molar-refractivity contribution in [3.05, 3.63) is 0 Å². The van der Waals surface area contributed by atoms with E-state index in [1.54, 1.807) is 0 Å². The molecule has 2 fully saturated rings. The average molecular weight is 183 g/mol. The molecule has 0 bridgehead atoms. The van der Waals surface area contributed by atoms with Gasteiger partial charge in [0, 0.05) is 0 Å². The number of nitrogens with zero attached hydrogens (tertiary/aromatic N) is 1. The maximum Gasteiger partial charge on any atom is 0.0540 e. The summed E-state index contributed by atoms with van der Waals surface area (Å²) in [4.78, 5) is 2.43. The van der Waals surface area contributed by atoms with E-state index >= 15 is 0 Å². The van der Waals surface area contributed by atoms with Gasteiger partial charge >= 0.3 is 0 Å². The Morgan fingerprint density at radius 1 is 1.08 bits per heavy atom. The maximum atomic E-state index is 9.46. The minimum atomic E-state index is 0.00489. The van der Waals surface area contributed by atoms with E-state index < -0.39 is 0 Å². The highest BCUT2D eigenvalue weighted by molar-refractivity contribution is 4.89. The van der Waals surface area contributed by atoms with Gasteiger partial charge in [0.05, 0.1) is 6.10 Å². The van der Waals surface area contributed by atoms with Crippen LogP contribution in [0.2, 0.25) is 0 Å². The van der Waals surface area contributed by atoms with E-state index in [0.29, 0.717) is 5.41 Å². The first kappa shape index (κ1) is 9.47. The van der Waals surface area contributed by atoms with Crippen LogP contribution in [0.3, 0.4) is 0 Å². The van der Waals surface area contributed by atoms with Crippen LogP contribution in [-0.4, -0.2) is 36.2 Å². The molecule has 13 heavy (non-hydrogen) atoms. The first-order valence-corrected chi connectivity index (χ1v) is 5.57. The first-order valence-electron chi connectivity index (χ1n) is 5.57. The van der Waals surface area contributed by atoms with Crippen LogP contribution in [0.25, 0.3) is 0 Å². The van der Waals surface area contributed by atoms with Crippen LogP contribution in [0.15, 0.2) is 0 Å². The summed E-state index contributed by atoms with van der Waals surface area (Å²) in [6.07, 6.45) is 7.34. The van der Waals surface area contributed by atoms with Gasteiger partial charge in [0.2, 0.25) is 0 Å². The summed E-state index contributed by atoms with van der Waals surface area (Å²) < 4.78 is 0. The Bertz CT molecular complexity index is 141. The summed E-state index contributed by atoms with van der Waals surface area (Å²) in [5, 5.41) is 9.46. The zero-order chi connectivity index (χ0) is 9.31. The molecule has 1 saturated carbocycles. The zero-order valence-corrected chi connectivity index (χ0v) is 8.63. The Morgan fingerprint density at radius 3 is 2.15 bits per heavy atom. The fourth-order valence-corrected chi connectivity index (χ4v) is 2.81. The number of aliphatic hydroxyl groups excluding tert-OH is 1. The summed E-state index contributed by atoms with van der Waals surface area (Å²) in [5.41, 5.74) is 0.617.